The highest BCUT2D eigenvalue weighted by atomic mass is 16.5. The molecular formula is C15H16O6. The number of aliphatic hydroxyl groups is 1. The number of benzene rings is 1. The Bertz CT molecular complexity index is 729. The number of hydrogen-bond donors (Lipinski definition) is 2. The lowest BCUT2D eigenvalue weighted by Crippen LogP contribution is -2.16. The van der Waals surface area contributed by atoms with Crippen LogP contribution in [0, 0.1) is 6.92 Å². The molecule has 6 heteroatoms. The fourth-order valence-electron chi connectivity index (χ4n) is 2.14. The Morgan fingerprint density at radius 2 is 2.14 bits per heavy atom. The fourth-order valence-corrected chi connectivity index (χ4v) is 2.14. The molecule has 21 heavy (non-hydrogen) atoms. The summed E-state index contributed by atoms with van der Waals surface area (Å²) in [6.07, 6.45) is -0.413. The number of carboxylic acids is 1. The van der Waals surface area contributed by atoms with Gasteiger partial charge in [0.15, 0.2) is 6.61 Å². The number of rotatable bonds is 5. The van der Waals surface area contributed by atoms with Crippen LogP contribution in [0.1, 0.15) is 18.1 Å². The zero-order chi connectivity index (χ0) is 15.6. The maximum atomic E-state index is 12.0. The molecule has 0 radical (unpaired) electrons. The summed E-state index contributed by atoms with van der Waals surface area (Å²) >= 11 is 0. The molecule has 2 rings (SSSR count). The fraction of sp³-hybridized carbons (Fsp3) is 0.333. The molecule has 1 atom stereocenters. The summed E-state index contributed by atoms with van der Waals surface area (Å²) < 4.78 is 10.3. The number of aryl methyl sites for hydroxylation is 1. The zero-order valence-electron chi connectivity index (χ0n) is 11.8. The Labute approximate surface area is 120 Å². The van der Waals surface area contributed by atoms with Crippen molar-refractivity contribution in [3.8, 4) is 5.75 Å². The number of aliphatic carboxylic acids is 1. The van der Waals surface area contributed by atoms with Gasteiger partial charge in [-0.05, 0) is 31.5 Å². The first kappa shape index (κ1) is 15.1. The lowest BCUT2D eigenvalue weighted by molar-refractivity contribution is -0.139. The lowest BCUT2D eigenvalue weighted by Gasteiger charge is -2.10. The molecule has 0 amide bonds. The average molecular weight is 292 g/mol. The van der Waals surface area contributed by atoms with Crippen LogP contribution in [0.3, 0.4) is 0 Å². The Morgan fingerprint density at radius 1 is 1.43 bits per heavy atom. The van der Waals surface area contributed by atoms with Crippen LogP contribution in [0.2, 0.25) is 0 Å². The van der Waals surface area contributed by atoms with Crippen molar-refractivity contribution in [1.29, 1.82) is 0 Å². The van der Waals surface area contributed by atoms with Crippen molar-refractivity contribution in [1.82, 2.24) is 0 Å². The van der Waals surface area contributed by atoms with Gasteiger partial charge in [-0.2, -0.15) is 0 Å². The molecule has 0 saturated heterocycles. The van der Waals surface area contributed by atoms with Crippen molar-refractivity contribution in [3.63, 3.8) is 0 Å². The van der Waals surface area contributed by atoms with Gasteiger partial charge in [0.05, 0.1) is 6.10 Å². The van der Waals surface area contributed by atoms with Crippen molar-refractivity contribution in [2.24, 2.45) is 0 Å². The maximum Gasteiger partial charge on any atom is 0.341 e. The van der Waals surface area contributed by atoms with E-state index in [4.69, 9.17) is 14.3 Å². The standard InChI is InChI=1S/C15H16O6/c1-8(16)5-12-9(2)11-4-3-10(20-7-14(17)18)6-13(11)21-15(12)19/h3-4,6,8,16H,5,7H2,1-2H3,(H,17,18)/t8-/m1/s1. The summed E-state index contributed by atoms with van der Waals surface area (Å²) in [5.74, 6) is -0.768. The van der Waals surface area contributed by atoms with Crippen molar-refractivity contribution < 1.29 is 24.2 Å². The first-order valence-corrected chi connectivity index (χ1v) is 6.47. The molecule has 2 aromatic rings. The van der Waals surface area contributed by atoms with Gasteiger partial charge < -0.3 is 19.4 Å². The minimum absolute atomic E-state index is 0.224. The van der Waals surface area contributed by atoms with Gasteiger partial charge >= 0.3 is 11.6 Å². The third-order valence-corrected chi connectivity index (χ3v) is 3.12. The van der Waals surface area contributed by atoms with Gasteiger partial charge in [0.1, 0.15) is 11.3 Å². The maximum absolute atomic E-state index is 12.0. The Morgan fingerprint density at radius 3 is 2.76 bits per heavy atom. The quantitative estimate of drug-likeness (QED) is 0.810. The topological polar surface area (TPSA) is 97.0 Å². The van der Waals surface area contributed by atoms with Crippen molar-refractivity contribution >= 4 is 16.9 Å². The van der Waals surface area contributed by atoms with Crippen LogP contribution >= 0.6 is 0 Å². The van der Waals surface area contributed by atoms with Crippen LogP contribution in [-0.4, -0.2) is 28.9 Å². The van der Waals surface area contributed by atoms with E-state index in [2.05, 4.69) is 0 Å². The van der Waals surface area contributed by atoms with Gasteiger partial charge in [-0.1, -0.05) is 0 Å². The molecule has 0 bridgehead atoms. The third-order valence-electron chi connectivity index (χ3n) is 3.12. The SMILES string of the molecule is Cc1c(C[C@@H](C)O)c(=O)oc2cc(OCC(=O)O)ccc12. The van der Waals surface area contributed by atoms with E-state index in [1.807, 2.05) is 0 Å². The molecule has 1 aromatic heterocycles. The van der Waals surface area contributed by atoms with Gasteiger partial charge in [0.2, 0.25) is 0 Å². The number of carbonyl (C=O) groups is 1. The number of ether oxygens (including phenoxy) is 1. The first-order chi connectivity index (χ1) is 9.88. The molecule has 6 nitrogen and oxygen atoms in total. The van der Waals surface area contributed by atoms with E-state index in [0.717, 1.165) is 10.9 Å². The largest absolute Gasteiger partial charge is 0.482 e. The second kappa shape index (κ2) is 5.97. The van der Waals surface area contributed by atoms with Crippen LogP contribution in [0.15, 0.2) is 27.4 Å². The van der Waals surface area contributed by atoms with Gasteiger partial charge in [0, 0.05) is 23.4 Å². The lowest BCUT2D eigenvalue weighted by atomic mass is 10.0. The van der Waals surface area contributed by atoms with E-state index < -0.39 is 24.3 Å². The third kappa shape index (κ3) is 3.41. The predicted molar refractivity (Wildman–Crippen MR) is 75.7 cm³/mol. The molecule has 0 unspecified atom stereocenters. The van der Waals surface area contributed by atoms with Crippen LogP contribution < -0.4 is 10.4 Å². The number of hydrogen-bond acceptors (Lipinski definition) is 5. The first-order valence-electron chi connectivity index (χ1n) is 6.47. The monoisotopic (exact) mass is 292 g/mol. The summed E-state index contributed by atoms with van der Waals surface area (Å²) in [7, 11) is 0. The van der Waals surface area contributed by atoms with Crippen molar-refractivity contribution in [3.05, 3.63) is 39.7 Å². The molecule has 0 aliphatic heterocycles. The second-order valence-corrected chi connectivity index (χ2v) is 4.89. The van der Waals surface area contributed by atoms with E-state index >= 15 is 0 Å². The normalized spacial score (nSPS) is 12.3. The molecule has 1 aromatic carbocycles. The van der Waals surface area contributed by atoms with E-state index in [-0.39, 0.29) is 6.42 Å². The summed E-state index contributed by atoms with van der Waals surface area (Å²) in [5.41, 5.74) is 1.01. The molecule has 2 N–H and O–H groups in total. The molecular weight excluding hydrogens is 276 g/mol. The smallest absolute Gasteiger partial charge is 0.341 e. The molecule has 0 fully saturated rings. The Balaban J connectivity index is 2.46. The molecule has 0 saturated carbocycles. The number of aliphatic hydroxyl groups excluding tert-OH is 1. The van der Waals surface area contributed by atoms with E-state index in [1.54, 1.807) is 26.0 Å². The van der Waals surface area contributed by atoms with Crippen LogP contribution in [0.25, 0.3) is 11.0 Å². The average Bonchev–Trinajstić information content (AvgIpc) is 2.40. The molecule has 0 aliphatic rings. The number of carboxylic acid groups (broad SMARTS) is 1. The van der Waals surface area contributed by atoms with Gasteiger partial charge in [-0.15, -0.1) is 0 Å². The molecule has 0 aliphatic carbocycles. The van der Waals surface area contributed by atoms with Crippen LogP contribution in [0.5, 0.6) is 5.75 Å². The molecule has 1 heterocycles. The van der Waals surface area contributed by atoms with Gasteiger partial charge in [-0.25, -0.2) is 9.59 Å². The molecule has 112 valence electrons. The number of fused-ring (bicyclic) bond motifs is 1. The molecule has 0 spiro atoms. The van der Waals surface area contributed by atoms with Crippen molar-refractivity contribution in [2.75, 3.05) is 6.61 Å². The van der Waals surface area contributed by atoms with Gasteiger partial charge in [-0.3, -0.25) is 0 Å². The van der Waals surface area contributed by atoms with E-state index in [9.17, 15) is 14.7 Å². The highest BCUT2D eigenvalue weighted by Gasteiger charge is 2.14. The second-order valence-electron chi connectivity index (χ2n) is 4.89. The van der Waals surface area contributed by atoms with Crippen LogP contribution in [0.4, 0.5) is 0 Å². The van der Waals surface area contributed by atoms with Crippen LogP contribution in [-0.2, 0) is 11.2 Å². The minimum atomic E-state index is -1.08. The highest BCUT2D eigenvalue weighted by Crippen LogP contribution is 2.24. The highest BCUT2D eigenvalue weighted by molar-refractivity contribution is 5.82. The summed E-state index contributed by atoms with van der Waals surface area (Å²) in [6, 6.07) is 4.81. The predicted octanol–water partition coefficient (Wildman–Crippen LogP) is 1.49. The zero-order valence-corrected chi connectivity index (χ0v) is 11.8. The van der Waals surface area contributed by atoms with Crippen molar-refractivity contribution in [2.45, 2.75) is 26.4 Å². The summed E-state index contributed by atoms with van der Waals surface area (Å²) in [6.45, 7) is 2.93. The van der Waals surface area contributed by atoms with Gasteiger partial charge in [0.25, 0.3) is 0 Å². The Hall–Kier alpha value is -2.34. The summed E-state index contributed by atoms with van der Waals surface area (Å²) in [5, 5.41) is 18.7. The van der Waals surface area contributed by atoms with E-state index in [0.29, 0.717) is 16.9 Å². The Kier molecular flexibility index (Phi) is 4.28. The summed E-state index contributed by atoms with van der Waals surface area (Å²) in [4.78, 5) is 22.4. The minimum Gasteiger partial charge on any atom is -0.482 e. The van der Waals surface area contributed by atoms with E-state index in [1.165, 1.54) is 6.07 Å².